The predicted molar refractivity (Wildman–Crippen MR) is 257 cm³/mol. The Morgan fingerprint density at radius 2 is 0.885 bits per heavy atom. The molecule has 3 heteroatoms. The van der Waals surface area contributed by atoms with E-state index >= 15 is 0 Å². The van der Waals surface area contributed by atoms with Crippen molar-refractivity contribution in [2.75, 3.05) is 0 Å². The van der Waals surface area contributed by atoms with Crippen LogP contribution in [0.3, 0.4) is 0 Å². The van der Waals surface area contributed by atoms with Gasteiger partial charge in [-0.2, -0.15) is 0 Å². The molecule has 61 heavy (non-hydrogen) atoms. The van der Waals surface area contributed by atoms with Crippen LogP contribution in [0.1, 0.15) is 0 Å². The van der Waals surface area contributed by atoms with Crippen molar-refractivity contribution in [2.24, 2.45) is 0 Å². The first-order valence-electron chi connectivity index (χ1n) is 20.6. The van der Waals surface area contributed by atoms with Crippen molar-refractivity contribution in [3.63, 3.8) is 0 Å². The molecule has 0 aliphatic carbocycles. The van der Waals surface area contributed by atoms with Gasteiger partial charge in [0.15, 0.2) is 5.69 Å². The number of benzene rings is 10. The molecule has 0 radical (unpaired) electrons. The van der Waals surface area contributed by atoms with Gasteiger partial charge in [-0.05, 0) is 131 Å². The van der Waals surface area contributed by atoms with E-state index in [0.717, 1.165) is 60.6 Å². The van der Waals surface area contributed by atoms with Crippen molar-refractivity contribution >= 4 is 70.7 Å². The Morgan fingerprint density at radius 3 is 1.52 bits per heavy atom. The zero-order valence-electron chi connectivity index (χ0n) is 33.0. The SMILES string of the molecule is [C-]#[N+]c1ccc2c(c1)c1cc(-c3ccc(-c4cc5c6ccccc6c(-c6ccc(-c7cccc8cccnc78)cc6)cc5c5ccccc45)cc3)ccc1n2-c1ccccc1. The second kappa shape index (κ2) is 13.9. The first-order valence-corrected chi connectivity index (χ1v) is 20.6. The molecule has 0 aliphatic rings. The van der Waals surface area contributed by atoms with Crippen LogP contribution in [0.2, 0.25) is 0 Å². The number of nitrogens with zero attached hydrogens (tertiary/aromatic N) is 3. The summed E-state index contributed by atoms with van der Waals surface area (Å²) in [7, 11) is 0. The lowest BCUT2D eigenvalue weighted by molar-refractivity contribution is 1.18. The molecule has 0 saturated carbocycles. The Morgan fingerprint density at radius 1 is 0.361 bits per heavy atom. The van der Waals surface area contributed by atoms with Gasteiger partial charge in [-0.3, -0.25) is 4.98 Å². The number of rotatable bonds is 5. The maximum absolute atomic E-state index is 7.71. The summed E-state index contributed by atoms with van der Waals surface area (Å²) in [5.74, 6) is 0. The Bertz CT molecular complexity index is 3740. The molecule has 2 aromatic heterocycles. The zero-order chi connectivity index (χ0) is 40.4. The van der Waals surface area contributed by atoms with Crippen LogP contribution in [0.4, 0.5) is 5.69 Å². The van der Waals surface area contributed by atoms with Crippen molar-refractivity contribution in [1.82, 2.24) is 9.55 Å². The minimum Gasteiger partial charge on any atom is -0.309 e. The quantitative estimate of drug-likeness (QED) is 0.126. The number of fused-ring (bicyclic) bond motifs is 9. The number of hydrogen-bond donors (Lipinski definition) is 0. The standard InChI is InChI=1S/C58H35N3/c1-59-43-29-31-57-55(34-43)54-33-42(28-30-56(54)61(57)44-13-3-2-4-14-44)37-20-22-39(23-21-37)50-35-52-49-18-8-6-16-47(49)51(36-53(52)48-17-7-5-15-46(48)50)40-26-24-38(25-27-40)45-19-9-11-41-12-10-32-60-58(41)45/h2-36H. The lowest BCUT2D eigenvalue weighted by Crippen LogP contribution is -1.92. The van der Waals surface area contributed by atoms with E-state index in [2.05, 4.69) is 191 Å². The largest absolute Gasteiger partial charge is 0.309 e. The van der Waals surface area contributed by atoms with Gasteiger partial charge in [0.2, 0.25) is 0 Å². The second-order valence-corrected chi connectivity index (χ2v) is 15.8. The van der Waals surface area contributed by atoms with E-state index in [1.54, 1.807) is 0 Å². The summed E-state index contributed by atoms with van der Waals surface area (Å²) in [5, 5.41) is 10.8. The molecule has 2 heterocycles. The molecule has 0 aliphatic heterocycles. The number of aromatic nitrogens is 2. The van der Waals surface area contributed by atoms with Crippen molar-refractivity contribution in [3.05, 3.63) is 224 Å². The summed E-state index contributed by atoms with van der Waals surface area (Å²) in [6, 6.07) is 74.1. The van der Waals surface area contributed by atoms with E-state index in [1.165, 1.54) is 54.6 Å². The smallest absolute Gasteiger partial charge is 0.188 e. The Labute approximate surface area is 352 Å². The molecule has 0 fully saturated rings. The molecular formula is C58H35N3. The van der Waals surface area contributed by atoms with E-state index in [4.69, 9.17) is 11.6 Å². The van der Waals surface area contributed by atoms with E-state index in [9.17, 15) is 0 Å². The molecule has 12 aromatic rings. The number of pyridine rings is 1. The number of para-hydroxylation sites is 2. The Kier molecular flexibility index (Phi) is 7.91. The average molecular weight is 774 g/mol. The third kappa shape index (κ3) is 5.62. The molecule has 0 bridgehead atoms. The fraction of sp³-hybridized carbons (Fsp3) is 0. The molecule has 282 valence electrons. The van der Waals surface area contributed by atoms with Crippen molar-refractivity contribution in [1.29, 1.82) is 0 Å². The van der Waals surface area contributed by atoms with Gasteiger partial charge < -0.3 is 4.57 Å². The molecule has 0 unspecified atom stereocenters. The maximum atomic E-state index is 7.71. The van der Waals surface area contributed by atoms with Gasteiger partial charge in [0.05, 0.1) is 23.1 Å². The second-order valence-electron chi connectivity index (χ2n) is 15.8. The van der Waals surface area contributed by atoms with E-state index in [-0.39, 0.29) is 0 Å². The first kappa shape index (κ1) is 34.7. The predicted octanol–water partition coefficient (Wildman–Crippen LogP) is 16.0. The van der Waals surface area contributed by atoms with Crippen LogP contribution in [0.15, 0.2) is 212 Å². The fourth-order valence-electron chi connectivity index (χ4n) is 9.55. The minimum atomic E-state index is 0.644. The van der Waals surface area contributed by atoms with Gasteiger partial charge >= 0.3 is 0 Å². The minimum absolute atomic E-state index is 0.644. The van der Waals surface area contributed by atoms with Crippen LogP contribution < -0.4 is 0 Å². The lowest BCUT2D eigenvalue weighted by Gasteiger charge is -2.16. The van der Waals surface area contributed by atoms with Gasteiger partial charge in [0, 0.05) is 28.2 Å². The van der Waals surface area contributed by atoms with Crippen LogP contribution in [0.25, 0.3) is 120 Å². The molecule has 3 nitrogen and oxygen atoms in total. The van der Waals surface area contributed by atoms with Crippen LogP contribution in [0, 0.1) is 6.57 Å². The maximum Gasteiger partial charge on any atom is 0.188 e. The number of hydrogen-bond acceptors (Lipinski definition) is 1. The third-order valence-electron chi connectivity index (χ3n) is 12.4. The Balaban J connectivity index is 0.962. The van der Waals surface area contributed by atoms with Gasteiger partial charge in [0.1, 0.15) is 0 Å². The topological polar surface area (TPSA) is 22.2 Å². The molecule has 12 rings (SSSR count). The van der Waals surface area contributed by atoms with Gasteiger partial charge in [-0.15, -0.1) is 0 Å². The van der Waals surface area contributed by atoms with E-state index in [1.807, 2.05) is 30.5 Å². The summed E-state index contributed by atoms with van der Waals surface area (Å²) in [6.45, 7) is 7.71. The molecule has 0 spiro atoms. The average Bonchev–Trinajstić information content (AvgIpc) is 3.66. The molecular weight excluding hydrogens is 739 g/mol. The van der Waals surface area contributed by atoms with Crippen LogP contribution in [-0.4, -0.2) is 9.55 Å². The van der Waals surface area contributed by atoms with Crippen LogP contribution in [0.5, 0.6) is 0 Å². The highest BCUT2D eigenvalue weighted by Crippen LogP contribution is 2.43. The van der Waals surface area contributed by atoms with E-state index < -0.39 is 0 Å². The zero-order valence-corrected chi connectivity index (χ0v) is 33.0. The van der Waals surface area contributed by atoms with Gasteiger partial charge in [0.25, 0.3) is 0 Å². The molecule has 0 amide bonds. The highest BCUT2D eigenvalue weighted by Gasteiger charge is 2.17. The van der Waals surface area contributed by atoms with Crippen LogP contribution in [-0.2, 0) is 0 Å². The van der Waals surface area contributed by atoms with Crippen molar-refractivity contribution in [2.45, 2.75) is 0 Å². The van der Waals surface area contributed by atoms with Gasteiger partial charge in [-0.25, -0.2) is 4.85 Å². The third-order valence-corrected chi connectivity index (χ3v) is 12.4. The monoisotopic (exact) mass is 773 g/mol. The fourth-order valence-corrected chi connectivity index (χ4v) is 9.55. The Hall–Kier alpha value is -8.32. The van der Waals surface area contributed by atoms with Crippen LogP contribution >= 0.6 is 0 Å². The molecule has 0 N–H and O–H groups in total. The van der Waals surface area contributed by atoms with Gasteiger partial charge in [-0.1, -0.05) is 152 Å². The normalized spacial score (nSPS) is 11.6. The summed E-state index contributed by atoms with van der Waals surface area (Å²) in [6.07, 6.45) is 1.87. The highest BCUT2D eigenvalue weighted by molar-refractivity contribution is 6.24. The first-order chi connectivity index (χ1) is 30.2. The summed E-state index contributed by atoms with van der Waals surface area (Å²) in [5.41, 5.74) is 14.4. The van der Waals surface area contributed by atoms with Crippen molar-refractivity contribution in [3.8, 4) is 50.2 Å². The molecule has 10 aromatic carbocycles. The highest BCUT2D eigenvalue weighted by atomic mass is 15.0. The lowest BCUT2D eigenvalue weighted by atomic mass is 9.87. The molecule has 0 saturated heterocycles. The summed E-state index contributed by atoms with van der Waals surface area (Å²) in [4.78, 5) is 8.48. The summed E-state index contributed by atoms with van der Waals surface area (Å²) < 4.78 is 2.30. The summed E-state index contributed by atoms with van der Waals surface area (Å²) >= 11 is 0. The van der Waals surface area contributed by atoms with E-state index in [0.29, 0.717) is 5.69 Å². The molecule has 0 atom stereocenters. The van der Waals surface area contributed by atoms with Crippen molar-refractivity contribution < 1.29 is 0 Å².